The van der Waals surface area contributed by atoms with E-state index in [1.165, 1.54) is 5.56 Å². The Bertz CT molecular complexity index is 698. The van der Waals surface area contributed by atoms with Gasteiger partial charge in [-0.15, -0.1) is 0 Å². The third-order valence-corrected chi connectivity index (χ3v) is 4.52. The van der Waals surface area contributed by atoms with Crippen LogP contribution in [0.4, 0.5) is 0 Å². The second kappa shape index (κ2) is 7.78. The molecule has 1 aliphatic heterocycles. The van der Waals surface area contributed by atoms with Crippen LogP contribution in [-0.2, 0) is 11.3 Å². The number of amides is 1. The molecule has 1 aromatic heterocycles. The standard InChI is InChI=1S/C19H26N4O2/c1-14(2)19-20-18(21-25-19)16-10-7-11-23(16)17(24)13-22(3)12-15-8-5-4-6-9-15/h4-6,8-9,14,16H,7,10-13H2,1-3H3/t16-/m1/s1. The molecule has 0 N–H and O–H groups in total. The third-order valence-electron chi connectivity index (χ3n) is 4.52. The van der Waals surface area contributed by atoms with Crippen LogP contribution >= 0.6 is 0 Å². The Hall–Kier alpha value is -2.21. The van der Waals surface area contributed by atoms with Crippen molar-refractivity contribution in [1.29, 1.82) is 0 Å². The number of likely N-dealkylation sites (tertiary alicyclic amines) is 1. The zero-order valence-electron chi connectivity index (χ0n) is 15.2. The zero-order valence-corrected chi connectivity index (χ0v) is 15.2. The van der Waals surface area contributed by atoms with Gasteiger partial charge in [0.25, 0.3) is 0 Å². The minimum Gasteiger partial charge on any atom is -0.339 e. The van der Waals surface area contributed by atoms with Gasteiger partial charge in [0.2, 0.25) is 11.8 Å². The van der Waals surface area contributed by atoms with Crippen LogP contribution in [0.25, 0.3) is 0 Å². The molecule has 1 saturated heterocycles. The minimum atomic E-state index is -0.0612. The number of hydrogen-bond acceptors (Lipinski definition) is 5. The molecule has 0 bridgehead atoms. The van der Waals surface area contributed by atoms with Crippen LogP contribution < -0.4 is 0 Å². The monoisotopic (exact) mass is 342 g/mol. The molecule has 1 fully saturated rings. The van der Waals surface area contributed by atoms with Crippen molar-refractivity contribution in [1.82, 2.24) is 19.9 Å². The maximum absolute atomic E-state index is 12.8. The van der Waals surface area contributed by atoms with Gasteiger partial charge in [-0.3, -0.25) is 9.69 Å². The number of likely N-dealkylation sites (N-methyl/N-ethyl adjacent to an activating group) is 1. The molecule has 25 heavy (non-hydrogen) atoms. The van der Waals surface area contributed by atoms with Crippen LogP contribution in [0.2, 0.25) is 0 Å². The highest BCUT2D eigenvalue weighted by atomic mass is 16.5. The van der Waals surface area contributed by atoms with Gasteiger partial charge in [-0.2, -0.15) is 4.98 Å². The molecule has 0 saturated carbocycles. The average Bonchev–Trinajstić information content (AvgIpc) is 3.24. The summed E-state index contributed by atoms with van der Waals surface area (Å²) >= 11 is 0. The fraction of sp³-hybridized carbons (Fsp3) is 0.526. The van der Waals surface area contributed by atoms with Crippen molar-refractivity contribution in [3.63, 3.8) is 0 Å². The zero-order chi connectivity index (χ0) is 17.8. The van der Waals surface area contributed by atoms with Gasteiger partial charge in [-0.25, -0.2) is 0 Å². The van der Waals surface area contributed by atoms with Gasteiger partial charge < -0.3 is 9.42 Å². The molecule has 2 heterocycles. The molecule has 0 spiro atoms. The number of rotatable bonds is 6. The molecule has 3 rings (SSSR count). The summed E-state index contributed by atoms with van der Waals surface area (Å²) in [5.74, 6) is 1.59. The molecule has 1 atom stereocenters. The molecule has 1 aliphatic rings. The minimum absolute atomic E-state index is 0.0612. The summed E-state index contributed by atoms with van der Waals surface area (Å²) in [5, 5.41) is 4.11. The quantitative estimate of drug-likeness (QED) is 0.807. The second-order valence-corrected chi connectivity index (χ2v) is 7.05. The van der Waals surface area contributed by atoms with E-state index in [4.69, 9.17) is 4.52 Å². The van der Waals surface area contributed by atoms with Gasteiger partial charge in [0.15, 0.2) is 5.82 Å². The first kappa shape index (κ1) is 17.6. The van der Waals surface area contributed by atoms with Crippen molar-refractivity contribution in [3.8, 4) is 0 Å². The summed E-state index contributed by atoms with van der Waals surface area (Å²) in [7, 11) is 1.97. The normalized spacial score (nSPS) is 17.6. The molecule has 0 radical (unpaired) electrons. The smallest absolute Gasteiger partial charge is 0.237 e. The summed E-state index contributed by atoms with van der Waals surface area (Å²) in [5.41, 5.74) is 1.20. The largest absolute Gasteiger partial charge is 0.339 e. The maximum Gasteiger partial charge on any atom is 0.237 e. The number of nitrogens with zero attached hydrogens (tertiary/aromatic N) is 4. The fourth-order valence-corrected chi connectivity index (χ4v) is 3.22. The Morgan fingerprint density at radius 1 is 1.36 bits per heavy atom. The van der Waals surface area contributed by atoms with Gasteiger partial charge in [-0.05, 0) is 25.5 Å². The van der Waals surface area contributed by atoms with Gasteiger partial charge in [0.05, 0.1) is 12.6 Å². The van der Waals surface area contributed by atoms with Crippen molar-refractivity contribution in [3.05, 3.63) is 47.6 Å². The maximum atomic E-state index is 12.8. The predicted molar refractivity (Wildman–Crippen MR) is 94.9 cm³/mol. The Kier molecular flexibility index (Phi) is 5.48. The Balaban J connectivity index is 1.62. The van der Waals surface area contributed by atoms with E-state index < -0.39 is 0 Å². The lowest BCUT2D eigenvalue weighted by Crippen LogP contribution is -2.38. The fourth-order valence-electron chi connectivity index (χ4n) is 3.22. The third kappa shape index (κ3) is 4.25. The van der Waals surface area contributed by atoms with E-state index in [0.29, 0.717) is 18.3 Å². The summed E-state index contributed by atoms with van der Waals surface area (Å²) in [6, 6.07) is 10.1. The molecule has 134 valence electrons. The van der Waals surface area contributed by atoms with Crippen molar-refractivity contribution in [2.24, 2.45) is 0 Å². The van der Waals surface area contributed by atoms with Crippen molar-refractivity contribution in [2.75, 3.05) is 20.1 Å². The first-order chi connectivity index (χ1) is 12.0. The van der Waals surface area contributed by atoms with E-state index in [2.05, 4.69) is 22.3 Å². The van der Waals surface area contributed by atoms with E-state index in [0.717, 1.165) is 25.9 Å². The van der Waals surface area contributed by atoms with E-state index in [-0.39, 0.29) is 17.9 Å². The van der Waals surface area contributed by atoms with Crippen molar-refractivity contribution < 1.29 is 9.32 Å². The molecule has 6 heteroatoms. The lowest BCUT2D eigenvalue weighted by atomic mass is 10.2. The highest BCUT2D eigenvalue weighted by Crippen LogP contribution is 2.31. The van der Waals surface area contributed by atoms with Gasteiger partial charge in [0, 0.05) is 19.0 Å². The molecular formula is C19H26N4O2. The van der Waals surface area contributed by atoms with E-state index in [1.54, 1.807) is 0 Å². The van der Waals surface area contributed by atoms with Gasteiger partial charge in [0.1, 0.15) is 0 Å². The number of hydrogen-bond donors (Lipinski definition) is 0. The predicted octanol–water partition coefficient (Wildman–Crippen LogP) is 2.99. The van der Waals surface area contributed by atoms with Crippen LogP contribution in [0.3, 0.4) is 0 Å². The van der Waals surface area contributed by atoms with Gasteiger partial charge in [-0.1, -0.05) is 49.3 Å². The molecule has 0 unspecified atom stereocenters. The Labute approximate surface area is 148 Å². The van der Waals surface area contributed by atoms with E-state index in [1.807, 2.05) is 48.9 Å². The highest BCUT2D eigenvalue weighted by Gasteiger charge is 2.33. The molecule has 0 aliphatic carbocycles. The number of aromatic nitrogens is 2. The lowest BCUT2D eigenvalue weighted by molar-refractivity contribution is -0.133. The lowest BCUT2D eigenvalue weighted by Gasteiger charge is -2.25. The topological polar surface area (TPSA) is 62.5 Å². The second-order valence-electron chi connectivity index (χ2n) is 7.05. The summed E-state index contributed by atoms with van der Waals surface area (Å²) in [6.07, 6.45) is 1.87. The van der Waals surface area contributed by atoms with Crippen LogP contribution in [0.5, 0.6) is 0 Å². The number of benzene rings is 1. The van der Waals surface area contributed by atoms with Crippen LogP contribution in [0.15, 0.2) is 34.9 Å². The van der Waals surface area contributed by atoms with Crippen LogP contribution in [-0.4, -0.2) is 46.0 Å². The SMILES string of the molecule is CC(C)c1nc([C@H]2CCCN2C(=O)CN(C)Cc2ccccc2)no1. The van der Waals surface area contributed by atoms with Crippen LogP contribution in [0, 0.1) is 0 Å². The Morgan fingerprint density at radius 3 is 2.80 bits per heavy atom. The summed E-state index contributed by atoms with van der Waals surface area (Å²) < 4.78 is 5.32. The summed E-state index contributed by atoms with van der Waals surface area (Å²) in [4.78, 5) is 21.2. The molecular weight excluding hydrogens is 316 g/mol. The van der Waals surface area contributed by atoms with Crippen LogP contribution in [0.1, 0.15) is 55.9 Å². The van der Waals surface area contributed by atoms with Gasteiger partial charge >= 0.3 is 0 Å². The number of carbonyl (C=O) groups excluding carboxylic acids is 1. The van der Waals surface area contributed by atoms with Crippen molar-refractivity contribution in [2.45, 2.75) is 45.2 Å². The van der Waals surface area contributed by atoms with E-state index >= 15 is 0 Å². The number of carbonyl (C=O) groups is 1. The molecule has 2 aromatic rings. The first-order valence-electron chi connectivity index (χ1n) is 8.90. The molecule has 1 aromatic carbocycles. The Morgan fingerprint density at radius 2 is 2.12 bits per heavy atom. The van der Waals surface area contributed by atoms with E-state index in [9.17, 15) is 4.79 Å². The summed E-state index contributed by atoms with van der Waals surface area (Å²) in [6.45, 7) is 5.94. The molecule has 6 nitrogen and oxygen atoms in total. The van der Waals surface area contributed by atoms with Crippen molar-refractivity contribution >= 4 is 5.91 Å². The first-order valence-corrected chi connectivity index (χ1v) is 8.90. The average molecular weight is 342 g/mol. The molecule has 1 amide bonds. The highest BCUT2D eigenvalue weighted by molar-refractivity contribution is 5.79.